The van der Waals surface area contributed by atoms with Crippen molar-refractivity contribution in [2.75, 3.05) is 19.8 Å². The fourth-order valence-electron chi connectivity index (χ4n) is 4.93. The lowest BCUT2D eigenvalue weighted by Crippen LogP contribution is -2.54. The minimum Gasteiger partial charge on any atom is -0.494 e. The number of hydrogen-bond acceptors (Lipinski definition) is 6. The van der Waals surface area contributed by atoms with Crippen molar-refractivity contribution < 1.29 is 23.8 Å². The number of nitrogens with zero attached hydrogens (tertiary/aromatic N) is 1. The third-order valence-electron chi connectivity index (χ3n) is 7.10. The van der Waals surface area contributed by atoms with E-state index in [1.807, 2.05) is 84.9 Å². The number of hydrogen-bond donors (Lipinski definition) is 3. The Morgan fingerprint density at radius 2 is 1.60 bits per heavy atom. The van der Waals surface area contributed by atoms with E-state index in [-0.39, 0.29) is 18.3 Å². The van der Waals surface area contributed by atoms with Gasteiger partial charge in [-0.05, 0) is 59.5 Å². The molecular weight excluding hydrogens is 533 g/mol. The highest BCUT2D eigenvalue weighted by Gasteiger charge is 2.53. The van der Waals surface area contributed by atoms with Crippen LogP contribution in [-0.4, -0.2) is 42.2 Å². The van der Waals surface area contributed by atoms with Crippen LogP contribution in [0, 0.1) is 5.82 Å². The van der Waals surface area contributed by atoms with Crippen LogP contribution >= 0.6 is 0 Å². The highest BCUT2D eigenvalue weighted by molar-refractivity contribution is 6.01. The summed E-state index contributed by atoms with van der Waals surface area (Å²) < 4.78 is 25.5. The van der Waals surface area contributed by atoms with Gasteiger partial charge in [-0.15, -0.1) is 0 Å². The average molecular weight is 568 g/mol. The monoisotopic (exact) mass is 567 g/mol. The average Bonchev–Trinajstić information content (AvgIpc) is 3.42. The van der Waals surface area contributed by atoms with Gasteiger partial charge in [0.25, 0.3) is 5.91 Å². The van der Waals surface area contributed by atoms with E-state index in [2.05, 4.69) is 10.9 Å². The summed E-state index contributed by atoms with van der Waals surface area (Å²) in [5.74, 6) is 0.430. The van der Waals surface area contributed by atoms with Crippen LogP contribution in [0.3, 0.4) is 0 Å². The van der Waals surface area contributed by atoms with Crippen LogP contribution < -0.4 is 15.6 Å². The topological polar surface area (TPSA) is 92.2 Å². The summed E-state index contributed by atoms with van der Waals surface area (Å²) in [6, 6.07) is 33.1. The second-order valence-electron chi connectivity index (χ2n) is 10.1. The van der Waals surface area contributed by atoms with Crippen molar-refractivity contribution in [1.29, 1.82) is 0 Å². The molecule has 5 rings (SSSR count). The zero-order valence-electron chi connectivity index (χ0n) is 23.2. The number of nitrogens with one attached hydrogen (secondary N) is 2. The zero-order valence-corrected chi connectivity index (χ0v) is 23.2. The lowest BCUT2D eigenvalue weighted by atomic mass is 9.82. The first-order chi connectivity index (χ1) is 20.6. The van der Waals surface area contributed by atoms with Crippen LogP contribution in [0.25, 0.3) is 0 Å². The quantitative estimate of drug-likeness (QED) is 0.157. The SMILES string of the molecule is O=C(NNCCc1ccc(F)cc1)[C@@]1(Cc2ccccc2)N=C(c2ccc(OCCCO)cc2)O[C@H]1c1ccccc1. The molecule has 0 saturated carbocycles. The van der Waals surface area contributed by atoms with Gasteiger partial charge in [0.1, 0.15) is 11.6 Å². The standard InChI is InChI=1S/C34H34FN3O4/c35-29-16-12-25(13-17-29)20-21-36-38-33(40)34(24-26-8-3-1-4-9-26)31(27-10-5-2-6-11-27)42-32(37-34)28-14-18-30(19-15-28)41-23-7-22-39/h1-6,8-19,31,36,39H,7,20-24H2,(H,38,40)/t31-,34-/m0/s1. The molecule has 1 aliphatic rings. The Morgan fingerprint density at radius 3 is 2.29 bits per heavy atom. The predicted molar refractivity (Wildman–Crippen MR) is 160 cm³/mol. The number of aliphatic hydroxyl groups is 1. The summed E-state index contributed by atoms with van der Waals surface area (Å²) in [4.78, 5) is 19.2. The number of benzene rings is 4. The fraction of sp³-hybridized carbons (Fsp3) is 0.235. The van der Waals surface area contributed by atoms with Gasteiger partial charge < -0.3 is 14.6 Å². The van der Waals surface area contributed by atoms with Crippen molar-refractivity contribution in [3.63, 3.8) is 0 Å². The third kappa shape index (κ3) is 7.02. The second kappa shape index (κ2) is 13.9. The molecule has 0 aromatic heterocycles. The molecule has 0 radical (unpaired) electrons. The Kier molecular flexibility index (Phi) is 9.59. The fourth-order valence-corrected chi connectivity index (χ4v) is 4.93. The van der Waals surface area contributed by atoms with Gasteiger partial charge in [0.05, 0.1) is 6.61 Å². The van der Waals surface area contributed by atoms with Crippen LogP contribution in [0.2, 0.25) is 0 Å². The number of rotatable bonds is 13. The maximum absolute atomic E-state index is 14.1. The molecule has 4 aromatic carbocycles. The van der Waals surface area contributed by atoms with Crippen LogP contribution in [-0.2, 0) is 22.4 Å². The first-order valence-corrected chi connectivity index (χ1v) is 14.0. The van der Waals surface area contributed by atoms with Crippen molar-refractivity contribution in [3.05, 3.63) is 137 Å². The van der Waals surface area contributed by atoms with E-state index in [9.17, 15) is 9.18 Å². The molecule has 0 spiro atoms. The van der Waals surface area contributed by atoms with Gasteiger partial charge in [-0.25, -0.2) is 14.8 Å². The lowest BCUT2D eigenvalue weighted by Gasteiger charge is -2.30. The first-order valence-electron chi connectivity index (χ1n) is 14.0. The van der Waals surface area contributed by atoms with Crippen LogP contribution in [0.4, 0.5) is 4.39 Å². The van der Waals surface area contributed by atoms with E-state index in [1.54, 1.807) is 12.1 Å². The summed E-state index contributed by atoms with van der Waals surface area (Å²) in [7, 11) is 0. The van der Waals surface area contributed by atoms with Gasteiger partial charge >= 0.3 is 0 Å². The molecule has 0 aliphatic carbocycles. The molecule has 2 atom stereocenters. The number of hydrazine groups is 1. The van der Waals surface area contributed by atoms with E-state index < -0.39 is 11.6 Å². The summed E-state index contributed by atoms with van der Waals surface area (Å²) in [6.07, 6.45) is 0.774. The summed E-state index contributed by atoms with van der Waals surface area (Å²) in [6.45, 7) is 0.929. The van der Waals surface area contributed by atoms with Gasteiger partial charge in [0, 0.05) is 31.6 Å². The molecule has 4 aromatic rings. The Balaban J connectivity index is 1.43. The molecule has 216 valence electrons. The largest absolute Gasteiger partial charge is 0.494 e. The smallest absolute Gasteiger partial charge is 0.266 e. The van der Waals surface area contributed by atoms with Crippen molar-refractivity contribution in [3.8, 4) is 5.75 Å². The molecule has 7 nitrogen and oxygen atoms in total. The van der Waals surface area contributed by atoms with Gasteiger partial charge in [-0.1, -0.05) is 72.8 Å². The molecule has 0 fully saturated rings. The first kappa shape index (κ1) is 29.0. The van der Waals surface area contributed by atoms with Crippen LogP contribution in [0.1, 0.15) is 34.8 Å². The van der Waals surface area contributed by atoms with E-state index in [0.29, 0.717) is 44.1 Å². The van der Waals surface area contributed by atoms with Gasteiger partial charge in [0.2, 0.25) is 5.90 Å². The maximum Gasteiger partial charge on any atom is 0.266 e. The van der Waals surface area contributed by atoms with Gasteiger partial charge in [-0.2, -0.15) is 0 Å². The minimum atomic E-state index is -1.31. The molecule has 0 unspecified atom stereocenters. The van der Waals surface area contributed by atoms with Crippen LogP contribution in [0.5, 0.6) is 5.75 Å². The highest BCUT2D eigenvalue weighted by Crippen LogP contribution is 2.42. The Labute approximate surface area is 245 Å². The molecule has 42 heavy (non-hydrogen) atoms. The lowest BCUT2D eigenvalue weighted by molar-refractivity contribution is -0.130. The van der Waals surface area contributed by atoms with E-state index >= 15 is 0 Å². The van der Waals surface area contributed by atoms with E-state index in [1.165, 1.54) is 12.1 Å². The molecule has 1 heterocycles. The van der Waals surface area contributed by atoms with E-state index in [0.717, 1.165) is 22.3 Å². The molecule has 0 bridgehead atoms. The number of aliphatic hydroxyl groups excluding tert-OH is 1. The van der Waals surface area contributed by atoms with Gasteiger partial charge in [-0.3, -0.25) is 10.2 Å². The maximum atomic E-state index is 14.1. The van der Waals surface area contributed by atoms with Crippen molar-refractivity contribution in [2.24, 2.45) is 4.99 Å². The van der Waals surface area contributed by atoms with Crippen molar-refractivity contribution in [2.45, 2.75) is 30.9 Å². The predicted octanol–water partition coefficient (Wildman–Crippen LogP) is 4.95. The Hall–Kier alpha value is -4.53. The number of halogens is 1. The third-order valence-corrected chi connectivity index (χ3v) is 7.10. The number of ether oxygens (including phenoxy) is 2. The molecule has 0 saturated heterocycles. The Morgan fingerprint density at radius 1 is 0.905 bits per heavy atom. The molecule has 3 N–H and O–H groups in total. The molecular formula is C34H34FN3O4. The zero-order chi connectivity index (χ0) is 29.2. The number of carbonyl (C=O) groups is 1. The van der Waals surface area contributed by atoms with Crippen molar-refractivity contribution >= 4 is 11.8 Å². The minimum absolute atomic E-state index is 0.0657. The molecule has 1 aliphatic heterocycles. The van der Waals surface area contributed by atoms with Crippen LogP contribution in [0.15, 0.2) is 114 Å². The highest BCUT2D eigenvalue weighted by atomic mass is 19.1. The van der Waals surface area contributed by atoms with E-state index in [4.69, 9.17) is 19.6 Å². The molecule has 1 amide bonds. The summed E-state index contributed by atoms with van der Waals surface area (Å²) >= 11 is 0. The summed E-state index contributed by atoms with van der Waals surface area (Å²) in [5.41, 5.74) is 8.07. The molecule has 8 heteroatoms. The number of aliphatic imine (C=N–C) groups is 1. The number of carbonyl (C=O) groups excluding carboxylic acids is 1. The Bertz CT molecular complexity index is 1460. The normalized spacial score (nSPS) is 17.8. The number of amides is 1. The second-order valence-corrected chi connectivity index (χ2v) is 10.1. The van der Waals surface area contributed by atoms with Crippen molar-refractivity contribution in [1.82, 2.24) is 10.9 Å². The van der Waals surface area contributed by atoms with Gasteiger partial charge in [0.15, 0.2) is 11.6 Å². The summed E-state index contributed by atoms with van der Waals surface area (Å²) in [5, 5.41) is 9.02.